The molecule has 0 saturated heterocycles. The Labute approximate surface area is 106 Å². The maximum atomic E-state index is 12.2. The summed E-state index contributed by atoms with van der Waals surface area (Å²) in [6, 6.07) is 6.57. The van der Waals surface area contributed by atoms with Crippen LogP contribution in [-0.4, -0.2) is 24.4 Å². The number of nitrogens with one attached hydrogen (secondary N) is 1. The minimum atomic E-state index is -2.83. The molecule has 0 bridgehead atoms. The van der Waals surface area contributed by atoms with Gasteiger partial charge < -0.3 is 15.2 Å². The van der Waals surface area contributed by atoms with Gasteiger partial charge in [0, 0.05) is 18.2 Å². The van der Waals surface area contributed by atoms with Crippen LogP contribution in [0.2, 0.25) is 0 Å². The molecular weight excluding hydrogens is 240 g/mol. The van der Waals surface area contributed by atoms with Crippen molar-refractivity contribution in [1.29, 1.82) is 0 Å². The molecule has 102 valence electrons. The summed E-state index contributed by atoms with van der Waals surface area (Å²) in [6.45, 7) is 1.53. The lowest BCUT2D eigenvalue weighted by Gasteiger charge is -2.20. The molecule has 1 aromatic rings. The van der Waals surface area contributed by atoms with Gasteiger partial charge in [-0.1, -0.05) is 32.0 Å². The molecule has 0 spiro atoms. The van der Waals surface area contributed by atoms with Crippen LogP contribution < -0.4 is 10.1 Å². The van der Waals surface area contributed by atoms with Gasteiger partial charge in [0.25, 0.3) is 0 Å². The van der Waals surface area contributed by atoms with E-state index in [0.29, 0.717) is 12.1 Å². The van der Waals surface area contributed by atoms with E-state index in [1.807, 2.05) is 13.8 Å². The Morgan fingerprint density at radius 2 is 1.94 bits per heavy atom. The molecule has 0 fully saturated rings. The van der Waals surface area contributed by atoms with Crippen molar-refractivity contribution in [1.82, 2.24) is 5.32 Å². The second-order valence-electron chi connectivity index (χ2n) is 4.40. The van der Waals surface area contributed by atoms with Gasteiger partial charge in [-0.05, 0) is 12.0 Å². The third-order valence-corrected chi connectivity index (χ3v) is 2.74. The molecule has 2 N–H and O–H groups in total. The molecule has 0 aliphatic heterocycles. The van der Waals surface area contributed by atoms with E-state index in [4.69, 9.17) is 0 Å². The molecular formula is C13H19F2NO2. The van der Waals surface area contributed by atoms with Gasteiger partial charge in [-0.15, -0.1) is 0 Å². The average molecular weight is 259 g/mol. The number of halogens is 2. The summed E-state index contributed by atoms with van der Waals surface area (Å²) in [5.74, 6) is 0.429. The van der Waals surface area contributed by atoms with Crippen molar-refractivity contribution in [2.75, 3.05) is 6.61 Å². The topological polar surface area (TPSA) is 41.5 Å². The third-order valence-electron chi connectivity index (χ3n) is 2.74. The molecule has 0 aliphatic rings. The molecule has 0 amide bonds. The van der Waals surface area contributed by atoms with Gasteiger partial charge in [0.1, 0.15) is 5.75 Å². The molecule has 0 radical (unpaired) electrons. The first-order valence-corrected chi connectivity index (χ1v) is 5.91. The Balaban J connectivity index is 2.66. The fraction of sp³-hybridized carbons (Fsp3) is 0.538. The molecule has 1 rings (SSSR count). The van der Waals surface area contributed by atoms with Crippen LogP contribution in [0.25, 0.3) is 0 Å². The van der Waals surface area contributed by atoms with Crippen molar-refractivity contribution in [3.8, 4) is 5.75 Å². The lowest BCUT2D eigenvalue weighted by atomic mass is 10.0. The summed E-state index contributed by atoms with van der Waals surface area (Å²) in [5, 5.41) is 12.3. The number of aliphatic hydroxyl groups excluding tert-OH is 1. The second-order valence-corrected chi connectivity index (χ2v) is 4.40. The highest BCUT2D eigenvalue weighted by molar-refractivity contribution is 5.33. The SMILES string of the molecule is CC(C)[C@@H](CO)NCc1ccccc1OC(F)F. The molecule has 1 atom stereocenters. The van der Waals surface area contributed by atoms with Crippen molar-refractivity contribution < 1.29 is 18.6 Å². The first-order valence-electron chi connectivity index (χ1n) is 5.91. The van der Waals surface area contributed by atoms with Crippen LogP contribution in [0.1, 0.15) is 19.4 Å². The van der Waals surface area contributed by atoms with E-state index >= 15 is 0 Å². The van der Waals surface area contributed by atoms with Crippen LogP contribution in [0.5, 0.6) is 5.75 Å². The maximum absolute atomic E-state index is 12.2. The van der Waals surface area contributed by atoms with E-state index in [9.17, 15) is 13.9 Å². The molecule has 5 heteroatoms. The van der Waals surface area contributed by atoms with Crippen molar-refractivity contribution >= 4 is 0 Å². The quantitative estimate of drug-likeness (QED) is 0.790. The summed E-state index contributed by atoms with van der Waals surface area (Å²) >= 11 is 0. The van der Waals surface area contributed by atoms with Gasteiger partial charge >= 0.3 is 6.61 Å². The van der Waals surface area contributed by atoms with E-state index in [-0.39, 0.29) is 24.3 Å². The minimum absolute atomic E-state index is 0.00946. The van der Waals surface area contributed by atoms with Crippen molar-refractivity contribution in [2.24, 2.45) is 5.92 Å². The number of hydrogen-bond donors (Lipinski definition) is 2. The Hall–Kier alpha value is -1.20. The largest absolute Gasteiger partial charge is 0.434 e. The van der Waals surface area contributed by atoms with E-state index in [1.54, 1.807) is 18.2 Å². The first-order chi connectivity index (χ1) is 8.54. The Morgan fingerprint density at radius 1 is 1.28 bits per heavy atom. The van der Waals surface area contributed by atoms with Gasteiger partial charge in [0.05, 0.1) is 6.61 Å². The van der Waals surface area contributed by atoms with E-state index < -0.39 is 6.61 Å². The minimum Gasteiger partial charge on any atom is -0.434 e. The highest BCUT2D eigenvalue weighted by Crippen LogP contribution is 2.20. The lowest BCUT2D eigenvalue weighted by Crippen LogP contribution is -2.36. The second kappa shape index (κ2) is 7.28. The zero-order valence-corrected chi connectivity index (χ0v) is 10.6. The summed E-state index contributed by atoms with van der Waals surface area (Å²) in [5.41, 5.74) is 0.650. The summed E-state index contributed by atoms with van der Waals surface area (Å²) in [7, 11) is 0. The molecule has 0 saturated carbocycles. The van der Waals surface area contributed by atoms with Gasteiger partial charge in [0.2, 0.25) is 0 Å². The third kappa shape index (κ3) is 4.58. The number of para-hydroxylation sites is 1. The van der Waals surface area contributed by atoms with E-state index in [1.165, 1.54) is 6.07 Å². The molecule has 0 unspecified atom stereocenters. The molecule has 0 aliphatic carbocycles. The van der Waals surface area contributed by atoms with Gasteiger partial charge in [0.15, 0.2) is 0 Å². The van der Waals surface area contributed by atoms with E-state index in [0.717, 1.165) is 0 Å². The van der Waals surface area contributed by atoms with Crippen LogP contribution in [-0.2, 0) is 6.54 Å². The predicted octanol–water partition coefficient (Wildman–Crippen LogP) is 2.39. The van der Waals surface area contributed by atoms with Crippen molar-refractivity contribution in [3.63, 3.8) is 0 Å². The number of alkyl halides is 2. The number of hydrogen-bond acceptors (Lipinski definition) is 3. The number of rotatable bonds is 7. The predicted molar refractivity (Wildman–Crippen MR) is 65.6 cm³/mol. The molecule has 0 aromatic heterocycles. The lowest BCUT2D eigenvalue weighted by molar-refractivity contribution is -0.0505. The zero-order valence-electron chi connectivity index (χ0n) is 10.6. The molecule has 1 aromatic carbocycles. The first kappa shape index (κ1) is 14.9. The Morgan fingerprint density at radius 3 is 2.50 bits per heavy atom. The summed E-state index contributed by atoms with van der Waals surface area (Å²) in [6.07, 6.45) is 0. The normalized spacial score (nSPS) is 13.1. The van der Waals surface area contributed by atoms with Gasteiger partial charge in [-0.3, -0.25) is 0 Å². The number of benzene rings is 1. The Bertz CT molecular complexity index is 359. The Kier molecular flexibility index (Phi) is 6.01. The van der Waals surface area contributed by atoms with Crippen LogP contribution in [0.3, 0.4) is 0 Å². The average Bonchev–Trinajstić information content (AvgIpc) is 2.30. The highest BCUT2D eigenvalue weighted by atomic mass is 19.3. The fourth-order valence-electron chi connectivity index (χ4n) is 1.61. The fourth-order valence-corrected chi connectivity index (χ4v) is 1.61. The number of ether oxygens (including phenoxy) is 1. The van der Waals surface area contributed by atoms with Crippen LogP contribution >= 0.6 is 0 Å². The van der Waals surface area contributed by atoms with Crippen LogP contribution in [0, 0.1) is 5.92 Å². The van der Waals surface area contributed by atoms with Crippen LogP contribution in [0.15, 0.2) is 24.3 Å². The van der Waals surface area contributed by atoms with Crippen molar-refractivity contribution in [3.05, 3.63) is 29.8 Å². The number of aliphatic hydroxyl groups is 1. The molecule has 3 nitrogen and oxygen atoms in total. The molecule has 18 heavy (non-hydrogen) atoms. The standard InChI is InChI=1S/C13H19F2NO2/c1-9(2)11(8-17)16-7-10-5-3-4-6-12(10)18-13(14)15/h3-6,9,11,13,16-17H,7-8H2,1-2H3/t11-/m1/s1. The van der Waals surface area contributed by atoms with Gasteiger partial charge in [-0.2, -0.15) is 8.78 Å². The van der Waals surface area contributed by atoms with Gasteiger partial charge in [-0.25, -0.2) is 0 Å². The van der Waals surface area contributed by atoms with Crippen molar-refractivity contribution in [2.45, 2.75) is 33.0 Å². The highest BCUT2D eigenvalue weighted by Gasteiger charge is 2.13. The van der Waals surface area contributed by atoms with E-state index in [2.05, 4.69) is 10.1 Å². The summed E-state index contributed by atoms with van der Waals surface area (Å²) in [4.78, 5) is 0. The molecule has 0 heterocycles. The maximum Gasteiger partial charge on any atom is 0.387 e. The monoisotopic (exact) mass is 259 g/mol. The zero-order chi connectivity index (χ0) is 13.5. The summed E-state index contributed by atoms with van der Waals surface area (Å²) < 4.78 is 28.9. The smallest absolute Gasteiger partial charge is 0.387 e. The van der Waals surface area contributed by atoms with Crippen LogP contribution in [0.4, 0.5) is 8.78 Å².